The molecule has 1 rings (SSSR count). The lowest BCUT2D eigenvalue weighted by Gasteiger charge is -1.96. The largest absolute Gasteiger partial charge is 0.412 e. The highest BCUT2D eigenvalue weighted by Crippen LogP contribution is 2.09. The normalized spacial score (nSPS) is 8.00. The van der Waals surface area contributed by atoms with E-state index < -0.39 is 0 Å². The average Bonchev–Trinajstić information content (AvgIpc) is 2.08. The molecule has 2 nitrogen and oxygen atoms in total. The first-order valence-corrected chi connectivity index (χ1v) is 3.76. The number of aryl methyl sites for hydroxylation is 1. The lowest BCUT2D eigenvalue weighted by atomic mass is 10.2. The first-order valence-electron chi connectivity index (χ1n) is 3.76. The fourth-order valence-electron chi connectivity index (χ4n) is 0.689. The topological polar surface area (TPSA) is 35.2 Å². The van der Waals surface area contributed by atoms with Crippen molar-refractivity contribution in [2.45, 2.75) is 20.8 Å². The molecular weight excluding hydrogens is 138 g/mol. The smallest absolute Gasteiger partial charge is 0.147 e. The van der Waals surface area contributed by atoms with Crippen molar-refractivity contribution in [3.05, 3.63) is 29.8 Å². The Morgan fingerprint density at radius 2 is 1.91 bits per heavy atom. The molecule has 1 aromatic carbocycles. The molecule has 0 radical (unpaired) electrons. The summed E-state index contributed by atoms with van der Waals surface area (Å²) >= 11 is 0. The molecule has 0 spiro atoms. The van der Waals surface area contributed by atoms with E-state index >= 15 is 0 Å². The van der Waals surface area contributed by atoms with Crippen molar-refractivity contribution in [2.75, 3.05) is 0 Å². The van der Waals surface area contributed by atoms with Crippen molar-refractivity contribution >= 4 is 0 Å². The molecule has 1 aromatic rings. The zero-order valence-electron chi connectivity index (χ0n) is 7.29. The van der Waals surface area contributed by atoms with Gasteiger partial charge in [0, 0.05) is 0 Å². The summed E-state index contributed by atoms with van der Waals surface area (Å²) in [6.07, 6.45) is 0. The molecule has 0 saturated carbocycles. The molecule has 0 saturated heterocycles. The van der Waals surface area contributed by atoms with E-state index in [9.17, 15) is 0 Å². The molecule has 0 aromatic heterocycles. The van der Waals surface area contributed by atoms with Gasteiger partial charge in [-0.3, -0.25) is 0 Å². The first kappa shape index (κ1) is 9.98. The SMILES string of the molecule is CC.Cc1cccc(ON)c1. The third-order valence-electron chi connectivity index (χ3n) is 1.13. The fourth-order valence-corrected chi connectivity index (χ4v) is 0.689. The van der Waals surface area contributed by atoms with Crippen molar-refractivity contribution < 1.29 is 4.84 Å². The Labute approximate surface area is 67.9 Å². The summed E-state index contributed by atoms with van der Waals surface area (Å²) in [5, 5.41) is 0. The fraction of sp³-hybridized carbons (Fsp3) is 0.333. The summed E-state index contributed by atoms with van der Waals surface area (Å²) in [5.41, 5.74) is 1.15. The molecular formula is C9H15NO. The lowest BCUT2D eigenvalue weighted by Crippen LogP contribution is -2.01. The molecule has 0 bridgehead atoms. The van der Waals surface area contributed by atoms with Gasteiger partial charge in [-0.2, -0.15) is 5.90 Å². The Morgan fingerprint density at radius 1 is 1.27 bits per heavy atom. The first-order chi connectivity index (χ1) is 5.33. The summed E-state index contributed by atoms with van der Waals surface area (Å²) in [6, 6.07) is 7.58. The second-order valence-corrected chi connectivity index (χ2v) is 1.93. The quantitative estimate of drug-likeness (QED) is 0.628. The van der Waals surface area contributed by atoms with Gasteiger partial charge in [-0.25, -0.2) is 0 Å². The molecule has 62 valence electrons. The van der Waals surface area contributed by atoms with Gasteiger partial charge in [-0.05, 0) is 24.6 Å². The highest BCUT2D eigenvalue weighted by Gasteiger charge is 1.87. The van der Waals surface area contributed by atoms with Gasteiger partial charge in [-0.15, -0.1) is 0 Å². The summed E-state index contributed by atoms with van der Waals surface area (Å²) in [5.74, 6) is 5.62. The van der Waals surface area contributed by atoms with Crippen molar-refractivity contribution in [3.8, 4) is 5.75 Å². The predicted octanol–water partition coefficient (Wildman–Crippen LogP) is 2.27. The molecule has 0 amide bonds. The molecule has 0 aliphatic rings. The number of benzene rings is 1. The van der Waals surface area contributed by atoms with Crippen molar-refractivity contribution in [3.63, 3.8) is 0 Å². The third-order valence-corrected chi connectivity index (χ3v) is 1.13. The van der Waals surface area contributed by atoms with Crippen LogP contribution >= 0.6 is 0 Å². The monoisotopic (exact) mass is 153 g/mol. The van der Waals surface area contributed by atoms with Gasteiger partial charge in [0.2, 0.25) is 0 Å². The summed E-state index contributed by atoms with van der Waals surface area (Å²) in [6.45, 7) is 5.99. The maximum atomic E-state index is 4.92. The van der Waals surface area contributed by atoms with Gasteiger partial charge in [0.05, 0.1) is 0 Å². The Morgan fingerprint density at radius 3 is 2.27 bits per heavy atom. The van der Waals surface area contributed by atoms with Crippen LogP contribution in [0.15, 0.2) is 24.3 Å². The zero-order chi connectivity index (χ0) is 8.69. The molecule has 0 fully saturated rings. The number of hydrogen-bond donors (Lipinski definition) is 1. The van der Waals surface area contributed by atoms with Crippen LogP contribution in [0.5, 0.6) is 5.75 Å². The van der Waals surface area contributed by atoms with Gasteiger partial charge in [0.15, 0.2) is 0 Å². The molecule has 0 unspecified atom stereocenters. The maximum absolute atomic E-state index is 4.92. The van der Waals surface area contributed by atoms with Crippen LogP contribution in [0.25, 0.3) is 0 Å². The van der Waals surface area contributed by atoms with Gasteiger partial charge in [0.1, 0.15) is 5.75 Å². The maximum Gasteiger partial charge on any atom is 0.147 e. The Balaban J connectivity index is 0.000000461. The van der Waals surface area contributed by atoms with E-state index in [0.29, 0.717) is 5.75 Å². The van der Waals surface area contributed by atoms with Crippen molar-refractivity contribution in [1.29, 1.82) is 0 Å². The van der Waals surface area contributed by atoms with Gasteiger partial charge < -0.3 is 4.84 Å². The molecule has 0 heterocycles. The molecule has 0 aliphatic carbocycles. The molecule has 0 aliphatic heterocycles. The second-order valence-electron chi connectivity index (χ2n) is 1.93. The predicted molar refractivity (Wildman–Crippen MR) is 47.3 cm³/mol. The minimum Gasteiger partial charge on any atom is -0.412 e. The van der Waals surface area contributed by atoms with E-state index in [2.05, 4.69) is 4.84 Å². The van der Waals surface area contributed by atoms with Crippen LogP contribution in [0.2, 0.25) is 0 Å². The van der Waals surface area contributed by atoms with Crippen LogP contribution in [-0.4, -0.2) is 0 Å². The van der Waals surface area contributed by atoms with Crippen LogP contribution in [0, 0.1) is 6.92 Å². The Bertz CT molecular complexity index is 199. The van der Waals surface area contributed by atoms with Gasteiger partial charge in [0.25, 0.3) is 0 Å². The standard InChI is InChI=1S/C7H9NO.C2H6/c1-6-3-2-4-7(5-6)9-8;1-2/h2-5H,8H2,1H3;1-2H3. The number of rotatable bonds is 1. The van der Waals surface area contributed by atoms with Gasteiger partial charge >= 0.3 is 0 Å². The third kappa shape index (κ3) is 3.63. The van der Waals surface area contributed by atoms with E-state index in [4.69, 9.17) is 5.90 Å². The summed E-state index contributed by atoms with van der Waals surface area (Å²) in [4.78, 5) is 4.50. The summed E-state index contributed by atoms with van der Waals surface area (Å²) < 4.78 is 0. The molecule has 2 N–H and O–H groups in total. The Hall–Kier alpha value is -1.02. The van der Waals surface area contributed by atoms with Crippen molar-refractivity contribution in [2.24, 2.45) is 5.90 Å². The highest BCUT2D eigenvalue weighted by atomic mass is 16.6. The minimum absolute atomic E-state index is 0.704. The van der Waals surface area contributed by atoms with E-state index in [-0.39, 0.29) is 0 Å². The highest BCUT2D eigenvalue weighted by molar-refractivity contribution is 5.26. The molecule has 2 heteroatoms. The van der Waals surface area contributed by atoms with Crippen molar-refractivity contribution in [1.82, 2.24) is 0 Å². The second kappa shape index (κ2) is 5.74. The van der Waals surface area contributed by atoms with Crippen LogP contribution in [0.4, 0.5) is 0 Å². The van der Waals surface area contributed by atoms with E-state index in [1.807, 2.05) is 45.0 Å². The van der Waals surface area contributed by atoms with Gasteiger partial charge in [-0.1, -0.05) is 26.0 Å². The average molecular weight is 153 g/mol. The van der Waals surface area contributed by atoms with Crippen LogP contribution in [-0.2, 0) is 0 Å². The van der Waals surface area contributed by atoms with E-state index in [0.717, 1.165) is 5.56 Å². The number of nitrogens with two attached hydrogens (primary N) is 1. The zero-order valence-corrected chi connectivity index (χ0v) is 7.29. The molecule has 0 atom stereocenters. The molecule has 11 heavy (non-hydrogen) atoms. The summed E-state index contributed by atoms with van der Waals surface area (Å²) in [7, 11) is 0. The van der Waals surface area contributed by atoms with Crippen LogP contribution in [0.3, 0.4) is 0 Å². The van der Waals surface area contributed by atoms with E-state index in [1.54, 1.807) is 0 Å². The van der Waals surface area contributed by atoms with E-state index in [1.165, 1.54) is 0 Å². The Kier molecular flexibility index (Phi) is 5.21. The lowest BCUT2D eigenvalue weighted by molar-refractivity contribution is 0.334. The van der Waals surface area contributed by atoms with Crippen LogP contribution < -0.4 is 10.7 Å². The minimum atomic E-state index is 0.704. The van der Waals surface area contributed by atoms with Crippen LogP contribution in [0.1, 0.15) is 19.4 Å². The number of hydrogen-bond acceptors (Lipinski definition) is 2.